The van der Waals surface area contributed by atoms with Crippen molar-refractivity contribution in [3.63, 3.8) is 0 Å². The average molecular weight is 1430 g/mol. The minimum absolute atomic E-state index is 0.115. The van der Waals surface area contributed by atoms with Crippen LogP contribution in [0.25, 0.3) is 22.2 Å². The monoisotopic (exact) mass is 1420 g/mol. The third kappa shape index (κ3) is 21.1. The molecule has 0 radical (unpaired) electrons. The smallest absolute Gasteiger partial charge is 0.488 e. The van der Waals surface area contributed by atoms with Gasteiger partial charge in [0.05, 0.1) is 17.4 Å². The molecule has 510 valence electrons. The number of nitrogens with zero attached hydrogens (tertiary/aromatic N) is 2. The molecule has 11 heteroatoms. The molecule has 104 heavy (non-hydrogen) atoms. The maximum Gasteiger partial charge on any atom is 0.488 e. The van der Waals surface area contributed by atoms with E-state index in [1.807, 2.05) is 30.1 Å². The van der Waals surface area contributed by atoms with E-state index in [4.69, 9.17) is 15.2 Å². The van der Waals surface area contributed by atoms with Gasteiger partial charge in [0.2, 0.25) is 0 Å². The summed E-state index contributed by atoms with van der Waals surface area (Å²) in [6.45, 7) is 2.08. The lowest BCUT2D eigenvalue weighted by molar-refractivity contribution is 0.425. The van der Waals surface area contributed by atoms with Gasteiger partial charge in [0.25, 0.3) is 0 Å². The molecule has 1 aromatic heterocycles. The standard InChI is InChI=1S/4C18H15P.C15H14N2O.C6H7BO3/c4*1-4-10-16(11-5-1)19(17-12-6-2-7-13-17)18-14-8-3-9-15-18;1-10-13(11-3-5-12(18)6-4-11)7-8-14-15(10)16-9-17(14)2;8-6-3-1-5(2-4-6)7(9)10/h4*1-15H;3-9,18H,1-2H3;1-4,8-10H. The van der Waals surface area contributed by atoms with Crippen LogP contribution in [0.15, 0.2) is 431 Å². The lowest BCUT2D eigenvalue weighted by Gasteiger charge is -2.18. The van der Waals surface area contributed by atoms with E-state index in [0.717, 1.165) is 22.2 Å². The fourth-order valence-electron chi connectivity index (χ4n) is 11.7. The van der Waals surface area contributed by atoms with Gasteiger partial charge in [-0.3, -0.25) is 0 Å². The molecule has 0 aliphatic rings. The maximum absolute atomic E-state index is 9.33. The highest BCUT2D eigenvalue weighted by Gasteiger charge is 2.19. The molecule has 0 spiro atoms. The van der Waals surface area contributed by atoms with Crippen molar-refractivity contribution in [1.29, 1.82) is 0 Å². The van der Waals surface area contributed by atoms with Gasteiger partial charge in [-0.1, -0.05) is 394 Å². The Kier molecular flexibility index (Phi) is 28.2. The molecular formula is C93H81BN2O4P4. The van der Waals surface area contributed by atoms with Gasteiger partial charge in [-0.25, -0.2) is 4.98 Å². The van der Waals surface area contributed by atoms with Crippen molar-refractivity contribution in [2.45, 2.75) is 6.92 Å². The van der Waals surface area contributed by atoms with Crippen LogP contribution in [0.2, 0.25) is 0 Å². The zero-order chi connectivity index (χ0) is 71.9. The van der Waals surface area contributed by atoms with Crippen molar-refractivity contribution in [2.75, 3.05) is 0 Å². The van der Waals surface area contributed by atoms with E-state index in [1.54, 1.807) is 12.1 Å². The first kappa shape index (κ1) is 74.3. The summed E-state index contributed by atoms with van der Waals surface area (Å²) < 4.78 is 2.02. The van der Waals surface area contributed by atoms with Crippen LogP contribution in [0.1, 0.15) is 5.56 Å². The number of benzene rings is 15. The van der Waals surface area contributed by atoms with Crippen LogP contribution in [0.5, 0.6) is 11.5 Å². The number of phenols is 2. The molecule has 1 heterocycles. The van der Waals surface area contributed by atoms with E-state index >= 15 is 0 Å². The molecule has 0 bridgehead atoms. The Morgan fingerprint density at radius 1 is 0.260 bits per heavy atom. The lowest BCUT2D eigenvalue weighted by atomic mass is 9.80. The Morgan fingerprint density at radius 3 is 0.663 bits per heavy atom. The molecule has 0 saturated carbocycles. The first-order chi connectivity index (χ1) is 51.2. The maximum atomic E-state index is 9.33. The average Bonchev–Trinajstić information content (AvgIpc) is 1.58. The Labute approximate surface area is 617 Å². The van der Waals surface area contributed by atoms with Crippen molar-refractivity contribution in [3.8, 4) is 22.6 Å². The molecule has 4 N–H and O–H groups in total. The van der Waals surface area contributed by atoms with Crippen molar-refractivity contribution in [3.05, 3.63) is 437 Å². The summed E-state index contributed by atoms with van der Waals surface area (Å²) in [6, 6.07) is 146. The minimum atomic E-state index is -1.46. The second kappa shape index (κ2) is 39.5. The summed E-state index contributed by atoms with van der Waals surface area (Å²) in [5.74, 6) is 0.403. The van der Waals surface area contributed by atoms with Gasteiger partial charge in [0.15, 0.2) is 0 Å². The summed E-state index contributed by atoms with van der Waals surface area (Å²) in [5, 5.41) is 52.1. The van der Waals surface area contributed by atoms with Crippen LogP contribution in [0, 0.1) is 6.92 Å². The van der Waals surface area contributed by atoms with Crippen molar-refractivity contribution >= 4 is 119 Å². The van der Waals surface area contributed by atoms with E-state index in [2.05, 4.69) is 388 Å². The van der Waals surface area contributed by atoms with Crippen LogP contribution >= 0.6 is 31.7 Å². The fraction of sp³-hybridized carbons (Fsp3) is 0.0215. The predicted molar refractivity (Wildman–Crippen MR) is 451 cm³/mol. The lowest BCUT2D eigenvalue weighted by Crippen LogP contribution is -2.29. The molecular weight excluding hydrogens is 1340 g/mol. The molecule has 0 unspecified atom stereocenters. The molecule has 6 nitrogen and oxygen atoms in total. The number of aromatic hydroxyl groups is 2. The van der Waals surface area contributed by atoms with E-state index < -0.39 is 38.8 Å². The van der Waals surface area contributed by atoms with Crippen molar-refractivity contribution in [1.82, 2.24) is 9.55 Å². The highest BCUT2D eigenvalue weighted by Crippen LogP contribution is 2.36. The molecule has 16 rings (SSSR count). The Hall–Kier alpha value is -10.9. The van der Waals surface area contributed by atoms with Gasteiger partial charge in [0.1, 0.15) is 11.5 Å². The second-order valence-electron chi connectivity index (χ2n) is 23.8. The van der Waals surface area contributed by atoms with Crippen molar-refractivity contribution < 1.29 is 20.3 Å². The third-order valence-corrected chi connectivity index (χ3v) is 26.5. The van der Waals surface area contributed by atoms with Crippen LogP contribution < -0.4 is 69.1 Å². The summed E-state index contributed by atoms with van der Waals surface area (Å²) in [5.41, 5.74) is 5.95. The van der Waals surface area contributed by atoms with Gasteiger partial charge < -0.3 is 24.8 Å². The Balaban J connectivity index is 0.000000126. The quantitative estimate of drug-likeness (QED) is 0.0642. The third-order valence-electron chi connectivity index (χ3n) is 16.7. The normalized spacial score (nSPS) is 10.5. The van der Waals surface area contributed by atoms with Crippen LogP contribution in [-0.4, -0.2) is 36.9 Å². The first-order valence-corrected chi connectivity index (χ1v) is 39.7. The zero-order valence-corrected chi connectivity index (χ0v) is 61.6. The van der Waals surface area contributed by atoms with Crippen LogP contribution in [0.3, 0.4) is 0 Å². The molecule has 0 fully saturated rings. The van der Waals surface area contributed by atoms with E-state index in [0.29, 0.717) is 5.46 Å². The topological polar surface area (TPSA) is 98.7 Å². The molecule has 0 saturated heterocycles. The van der Waals surface area contributed by atoms with E-state index in [1.165, 1.54) is 93.5 Å². The Morgan fingerprint density at radius 2 is 0.462 bits per heavy atom. The molecule has 0 amide bonds. The van der Waals surface area contributed by atoms with Gasteiger partial charge >= 0.3 is 7.12 Å². The molecule has 0 aliphatic heterocycles. The van der Waals surface area contributed by atoms with Crippen LogP contribution in [0.4, 0.5) is 0 Å². The molecule has 16 aromatic rings. The van der Waals surface area contributed by atoms with Gasteiger partial charge in [0, 0.05) is 7.05 Å². The number of hydrogen-bond acceptors (Lipinski definition) is 5. The summed E-state index contributed by atoms with van der Waals surface area (Å²) in [6.07, 6.45) is 1.83. The van der Waals surface area contributed by atoms with Crippen LogP contribution in [-0.2, 0) is 7.05 Å². The summed E-state index contributed by atoms with van der Waals surface area (Å²) in [7, 11) is -1.25. The van der Waals surface area contributed by atoms with Crippen molar-refractivity contribution in [2.24, 2.45) is 7.05 Å². The van der Waals surface area contributed by atoms with Gasteiger partial charge in [-0.2, -0.15) is 0 Å². The number of imidazole rings is 1. The number of aromatic nitrogens is 2. The molecule has 0 aliphatic carbocycles. The largest absolute Gasteiger partial charge is 0.508 e. The van der Waals surface area contributed by atoms with Gasteiger partial charge in [-0.05, 0) is 155 Å². The number of fused-ring (bicyclic) bond motifs is 1. The predicted octanol–water partition coefficient (Wildman–Crippen LogP) is 16.1. The second-order valence-corrected chi connectivity index (χ2v) is 32.7. The highest BCUT2D eigenvalue weighted by molar-refractivity contribution is 7.81. The number of aryl methyl sites for hydroxylation is 2. The molecule has 0 atom stereocenters. The fourth-order valence-corrected chi connectivity index (χ4v) is 20.9. The summed E-state index contributed by atoms with van der Waals surface area (Å²) >= 11 is 0. The highest BCUT2D eigenvalue weighted by atomic mass is 31.1. The SMILES string of the molecule is Cc1c(-c2ccc(O)cc2)ccc2c1ncn2C.OB(O)c1ccc(O)cc1.c1ccc(P(c2ccccc2)c2ccccc2)cc1.c1ccc(P(c2ccccc2)c2ccccc2)cc1.c1ccc(P(c2ccccc2)c2ccccc2)cc1.c1ccc(P(c2ccccc2)c2ccccc2)cc1. The van der Waals surface area contributed by atoms with E-state index in [-0.39, 0.29) is 11.5 Å². The number of hydrogen-bond donors (Lipinski definition) is 4. The van der Waals surface area contributed by atoms with Gasteiger partial charge in [-0.15, -0.1) is 0 Å². The number of phenolic OH excluding ortho intramolecular Hbond substituents is 2. The number of rotatable bonds is 14. The molecule has 15 aromatic carbocycles. The minimum Gasteiger partial charge on any atom is -0.508 e. The first-order valence-electron chi connectivity index (χ1n) is 34.3. The van der Waals surface area contributed by atoms with E-state index in [9.17, 15) is 5.11 Å². The Bertz CT molecular complexity index is 4210. The summed E-state index contributed by atoms with van der Waals surface area (Å²) in [4.78, 5) is 4.44. The zero-order valence-electron chi connectivity index (χ0n) is 58.0.